The highest BCUT2D eigenvalue weighted by molar-refractivity contribution is 5.67. The molecule has 0 bridgehead atoms. The predicted octanol–water partition coefficient (Wildman–Crippen LogP) is 3.52. The van der Waals surface area contributed by atoms with Gasteiger partial charge in [-0.05, 0) is 37.0 Å². The Kier molecular flexibility index (Phi) is 7.09. The van der Waals surface area contributed by atoms with Gasteiger partial charge in [0.2, 0.25) is 11.7 Å². The molecule has 2 N–H and O–H groups in total. The van der Waals surface area contributed by atoms with Crippen molar-refractivity contribution in [3.63, 3.8) is 0 Å². The number of aliphatic hydroxyl groups excluding tert-OH is 1. The first kappa shape index (κ1) is 22.6. The van der Waals surface area contributed by atoms with E-state index in [1.807, 2.05) is 24.4 Å². The zero-order valence-corrected chi connectivity index (χ0v) is 19.1. The summed E-state index contributed by atoms with van der Waals surface area (Å²) < 4.78 is 16.2. The second-order valence-electron chi connectivity index (χ2n) is 7.85. The Bertz CT molecular complexity index is 1050. The number of anilines is 3. The highest BCUT2D eigenvalue weighted by atomic mass is 16.5. The van der Waals surface area contributed by atoms with Gasteiger partial charge in [0.25, 0.3) is 0 Å². The fourth-order valence-corrected chi connectivity index (χ4v) is 4.01. The summed E-state index contributed by atoms with van der Waals surface area (Å²) in [5.41, 5.74) is 2.36. The lowest BCUT2D eigenvalue weighted by Crippen LogP contribution is -2.37. The van der Waals surface area contributed by atoms with Crippen molar-refractivity contribution in [3.8, 4) is 28.5 Å². The average Bonchev–Trinajstić information content (AvgIpc) is 2.88. The monoisotopic (exact) mass is 451 g/mol. The van der Waals surface area contributed by atoms with Gasteiger partial charge in [0.05, 0.1) is 27.0 Å². The molecule has 9 heteroatoms. The van der Waals surface area contributed by atoms with Crippen molar-refractivity contribution in [1.29, 1.82) is 0 Å². The molecule has 4 rings (SSSR count). The van der Waals surface area contributed by atoms with Crippen LogP contribution >= 0.6 is 0 Å². The van der Waals surface area contributed by atoms with Crippen LogP contribution in [0.5, 0.6) is 17.2 Å². The topological polar surface area (TPSA) is 102 Å². The molecule has 1 atom stereocenters. The standard InChI is InChI=1S/C24H29N5O4/c1-31-20-11-18(12-21(32-2)23(20)33-3)27-24-25-9-8-19(28-24)17-6-7-22(26-13-17)29-10-4-5-16(14-29)15-30/h6-9,11-13,16,30H,4-5,10,14-15H2,1-3H3,(H,25,27,28). The van der Waals surface area contributed by atoms with E-state index in [-0.39, 0.29) is 6.61 Å². The summed E-state index contributed by atoms with van der Waals surface area (Å²) in [7, 11) is 4.71. The van der Waals surface area contributed by atoms with Crippen LogP contribution in [0.25, 0.3) is 11.3 Å². The number of aliphatic hydroxyl groups is 1. The fourth-order valence-electron chi connectivity index (χ4n) is 4.01. The number of pyridine rings is 1. The lowest BCUT2D eigenvalue weighted by atomic mass is 9.99. The molecule has 1 aliphatic heterocycles. The van der Waals surface area contributed by atoms with Crippen molar-refractivity contribution in [3.05, 3.63) is 42.7 Å². The molecule has 33 heavy (non-hydrogen) atoms. The van der Waals surface area contributed by atoms with Crippen molar-refractivity contribution in [2.24, 2.45) is 5.92 Å². The molecule has 2 aromatic heterocycles. The number of aromatic nitrogens is 3. The fraction of sp³-hybridized carbons (Fsp3) is 0.375. The molecular weight excluding hydrogens is 422 g/mol. The average molecular weight is 452 g/mol. The number of rotatable bonds is 8. The summed E-state index contributed by atoms with van der Waals surface area (Å²) in [6, 6.07) is 9.46. The zero-order valence-electron chi connectivity index (χ0n) is 19.1. The van der Waals surface area contributed by atoms with Crippen LogP contribution in [-0.2, 0) is 0 Å². The maximum Gasteiger partial charge on any atom is 0.227 e. The molecule has 3 aromatic rings. The Morgan fingerprint density at radius 1 is 1.06 bits per heavy atom. The molecule has 174 valence electrons. The summed E-state index contributed by atoms with van der Waals surface area (Å²) in [6.07, 6.45) is 5.65. The van der Waals surface area contributed by atoms with Gasteiger partial charge in [0.15, 0.2) is 11.5 Å². The number of hydrogen-bond acceptors (Lipinski definition) is 9. The van der Waals surface area contributed by atoms with Gasteiger partial charge in [0.1, 0.15) is 5.82 Å². The largest absolute Gasteiger partial charge is 0.493 e. The molecule has 0 radical (unpaired) electrons. The van der Waals surface area contributed by atoms with E-state index in [0.717, 1.165) is 43.0 Å². The zero-order chi connectivity index (χ0) is 23.2. The van der Waals surface area contributed by atoms with Crippen LogP contribution in [0, 0.1) is 5.92 Å². The number of benzene rings is 1. The van der Waals surface area contributed by atoms with Gasteiger partial charge in [-0.3, -0.25) is 0 Å². The van der Waals surface area contributed by atoms with Crippen molar-refractivity contribution < 1.29 is 19.3 Å². The van der Waals surface area contributed by atoms with Crippen LogP contribution < -0.4 is 24.4 Å². The molecule has 0 saturated carbocycles. The van der Waals surface area contributed by atoms with Crippen LogP contribution in [0.4, 0.5) is 17.5 Å². The van der Waals surface area contributed by atoms with E-state index in [9.17, 15) is 5.11 Å². The van der Waals surface area contributed by atoms with Crippen LogP contribution in [0.15, 0.2) is 42.7 Å². The number of hydrogen-bond donors (Lipinski definition) is 2. The third kappa shape index (κ3) is 5.09. The van der Waals surface area contributed by atoms with E-state index in [1.165, 1.54) is 0 Å². The van der Waals surface area contributed by atoms with E-state index in [1.54, 1.807) is 39.7 Å². The Balaban J connectivity index is 1.53. The summed E-state index contributed by atoms with van der Waals surface area (Å²) in [5, 5.41) is 12.7. The predicted molar refractivity (Wildman–Crippen MR) is 127 cm³/mol. The summed E-state index contributed by atoms with van der Waals surface area (Å²) >= 11 is 0. The number of nitrogens with one attached hydrogen (secondary N) is 1. The number of ether oxygens (including phenoxy) is 3. The van der Waals surface area contributed by atoms with Gasteiger partial charge in [-0.2, -0.15) is 0 Å². The molecule has 9 nitrogen and oxygen atoms in total. The Morgan fingerprint density at radius 3 is 2.48 bits per heavy atom. The van der Waals surface area contributed by atoms with Crippen LogP contribution in [0.2, 0.25) is 0 Å². The highest BCUT2D eigenvalue weighted by Gasteiger charge is 2.20. The molecule has 0 amide bonds. The van der Waals surface area contributed by atoms with Crippen LogP contribution in [0.3, 0.4) is 0 Å². The smallest absolute Gasteiger partial charge is 0.227 e. The Labute approximate surface area is 193 Å². The first-order valence-corrected chi connectivity index (χ1v) is 10.9. The highest BCUT2D eigenvalue weighted by Crippen LogP contribution is 2.40. The number of methoxy groups -OCH3 is 3. The van der Waals surface area contributed by atoms with Gasteiger partial charge >= 0.3 is 0 Å². The molecule has 1 unspecified atom stereocenters. The molecule has 1 fully saturated rings. The van der Waals surface area contributed by atoms with Crippen molar-refractivity contribution in [2.75, 3.05) is 51.2 Å². The molecule has 1 saturated heterocycles. The van der Waals surface area contributed by atoms with Crippen LogP contribution in [-0.4, -0.2) is 61.1 Å². The Hall–Kier alpha value is -3.59. The molecular formula is C24H29N5O4. The molecule has 1 aliphatic rings. The van der Waals surface area contributed by atoms with E-state index in [2.05, 4.69) is 25.2 Å². The van der Waals surface area contributed by atoms with E-state index >= 15 is 0 Å². The first-order valence-electron chi connectivity index (χ1n) is 10.9. The summed E-state index contributed by atoms with van der Waals surface area (Å²) in [5.74, 6) is 3.26. The third-order valence-corrected chi connectivity index (χ3v) is 5.72. The maximum absolute atomic E-state index is 9.48. The summed E-state index contributed by atoms with van der Waals surface area (Å²) in [6.45, 7) is 2.01. The minimum atomic E-state index is 0.219. The maximum atomic E-state index is 9.48. The second kappa shape index (κ2) is 10.4. The minimum absolute atomic E-state index is 0.219. The lowest BCUT2D eigenvalue weighted by molar-refractivity contribution is 0.208. The molecule has 0 spiro atoms. The van der Waals surface area contributed by atoms with Gasteiger partial charge in [0, 0.05) is 55.5 Å². The minimum Gasteiger partial charge on any atom is -0.493 e. The lowest BCUT2D eigenvalue weighted by Gasteiger charge is -2.32. The molecule has 3 heterocycles. The van der Waals surface area contributed by atoms with Crippen molar-refractivity contribution in [1.82, 2.24) is 15.0 Å². The molecule has 0 aliphatic carbocycles. The van der Waals surface area contributed by atoms with Crippen molar-refractivity contribution >= 4 is 17.5 Å². The number of piperidine rings is 1. The molecule has 1 aromatic carbocycles. The SMILES string of the molecule is COc1cc(Nc2nccc(-c3ccc(N4CCCC(CO)C4)nc3)n2)cc(OC)c1OC. The van der Waals surface area contributed by atoms with Crippen LogP contribution in [0.1, 0.15) is 12.8 Å². The van der Waals surface area contributed by atoms with Gasteiger partial charge < -0.3 is 29.5 Å². The van der Waals surface area contributed by atoms with E-state index in [4.69, 9.17) is 14.2 Å². The Morgan fingerprint density at radius 2 is 1.85 bits per heavy atom. The third-order valence-electron chi connectivity index (χ3n) is 5.72. The second-order valence-corrected chi connectivity index (χ2v) is 7.85. The summed E-state index contributed by atoms with van der Waals surface area (Å²) in [4.78, 5) is 15.8. The normalized spacial score (nSPS) is 15.8. The van der Waals surface area contributed by atoms with Gasteiger partial charge in [-0.15, -0.1) is 0 Å². The number of nitrogens with zero attached hydrogens (tertiary/aromatic N) is 4. The van der Waals surface area contributed by atoms with E-state index in [0.29, 0.717) is 34.8 Å². The quantitative estimate of drug-likeness (QED) is 0.533. The van der Waals surface area contributed by atoms with Gasteiger partial charge in [-0.1, -0.05) is 0 Å². The van der Waals surface area contributed by atoms with E-state index < -0.39 is 0 Å². The van der Waals surface area contributed by atoms with Gasteiger partial charge in [-0.25, -0.2) is 15.0 Å². The first-order chi connectivity index (χ1) is 16.1. The van der Waals surface area contributed by atoms with Crippen molar-refractivity contribution in [2.45, 2.75) is 12.8 Å².